The molecule has 0 saturated heterocycles. The minimum atomic E-state index is -0.309. The Balaban J connectivity index is 2.49. The molecule has 19 heavy (non-hydrogen) atoms. The van der Waals surface area contributed by atoms with E-state index in [1.165, 1.54) is 0 Å². The Bertz CT molecular complexity index is 604. The monoisotopic (exact) mass is 403 g/mol. The van der Waals surface area contributed by atoms with E-state index in [1.807, 2.05) is 30.3 Å². The molecule has 2 N–H and O–H groups in total. The Morgan fingerprint density at radius 3 is 2.47 bits per heavy atom. The Labute approximate surface area is 134 Å². The molecular weight excluding hydrogens is 393 g/mol. The molecule has 0 aliphatic rings. The molecule has 2 rings (SSSR count). The summed E-state index contributed by atoms with van der Waals surface area (Å²) in [5.41, 5.74) is 8.16. The lowest BCUT2D eigenvalue weighted by Crippen LogP contribution is -2.13. The predicted molar refractivity (Wildman–Crippen MR) is 85.9 cm³/mol. The zero-order valence-electron chi connectivity index (χ0n) is 10.2. The molecule has 1 atom stereocenters. The normalized spacial score (nSPS) is 12.3. The van der Waals surface area contributed by atoms with Crippen LogP contribution in [0.2, 0.25) is 5.02 Å². The van der Waals surface area contributed by atoms with Crippen LogP contribution in [0.5, 0.6) is 5.75 Å². The first-order valence-corrected chi connectivity index (χ1v) is 7.53. The van der Waals surface area contributed by atoms with Crippen molar-refractivity contribution in [1.82, 2.24) is 0 Å². The van der Waals surface area contributed by atoms with Gasteiger partial charge in [0.15, 0.2) is 0 Å². The summed E-state index contributed by atoms with van der Waals surface area (Å²) in [7, 11) is 1.62. The number of nitrogens with two attached hydrogens (primary N) is 1. The van der Waals surface area contributed by atoms with Crippen molar-refractivity contribution in [2.75, 3.05) is 7.11 Å². The molecule has 0 spiro atoms. The van der Waals surface area contributed by atoms with Crippen LogP contribution in [0, 0.1) is 0 Å². The van der Waals surface area contributed by atoms with Gasteiger partial charge in [0.05, 0.1) is 13.2 Å². The molecule has 2 aromatic carbocycles. The summed E-state index contributed by atoms with van der Waals surface area (Å²) in [6, 6.07) is 11.0. The average molecular weight is 406 g/mol. The lowest BCUT2D eigenvalue weighted by atomic mass is 9.99. The van der Waals surface area contributed by atoms with Gasteiger partial charge in [-0.25, -0.2) is 0 Å². The van der Waals surface area contributed by atoms with Crippen molar-refractivity contribution in [3.8, 4) is 5.75 Å². The van der Waals surface area contributed by atoms with E-state index in [4.69, 9.17) is 22.1 Å². The number of halogens is 3. The Morgan fingerprint density at radius 2 is 1.84 bits per heavy atom. The minimum absolute atomic E-state index is 0.309. The van der Waals surface area contributed by atoms with Gasteiger partial charge in [-0.1, -0.05) is 49.5 Å². The molecule has 0 bridgehead atoms. The van der Waals surface area contributed by atoms with Crippen LogP contribution in [-0.2, 0) is 0 Å². The molecule has 0 aromatic heterocycles. The van der Waals surface area contributed by atoms with Crippen LogP contribution in [0.15, 0.2) is 45.3 Å². The third kappa shape index (κ3) is 3.31. The third-order valence-electron chi connectivity index (χ3n) is 2.82. The molecule has 0 saturated carbocycles. The quantitative estimate of drug-likeness (QED) is 0.787. The Morgan fingerprint density at radius 1 is 1.11 bits per heavy atom. The van der Waals surface area contributed by atoms with E-state index >= 15 is 0 Å². The molecule has 1 unspecified atom stereocenters. The zero-order chi connectivity index (χ0) is 14.0. The van der Waals surface area contributed by atoms with Crippen LogP contribution in [0.1, 0.15) is 17.2 Å². The number of methoxy groups -OCH3 is 1. The Kier molecular flexibility index (Phi) is 4.90. The van der Waals surface area contributed by atoms with Gasteiger partial charge in [-0.15, -0.1) is 0 Å². The highest BCUT2D eigenvalue weighted by Crippen LogP contribution is 2.34. The molecule has 0 radical (unpaired) electrons. The van der Waals surface area contributed by atoms with E-state index in [0.29, 0.717) is 5.02 Å². The second-order valence-electron chi connectivity index (χ2n) is 4.03. The lowest BCUT2D eigenvalue weighted by molar-refractivity contribution is 0.408. The summed E-state index contributed by atoms with van der Waals surface area (Å²) in [5, 5.41) is 0.638. The largest absolute Gasteiger partial charge is 0.496 e. The molecule has 0 amide bonds. The molecule has 0 aliphatic heterocycles. The number of rotatable bonds is 3. The molecular formula is C14H12Br2ClNO. The smallest absolute Gasteiger partial charge is 0.124 e. The van der Waals surface area contributed by atoms with Gasteiger partial charge in [0.2, 0.25) is 0 Å². The summed E-state index contributed by atoms with van der Waals surface area (Å²) in [5.74, 6) is 0.728. The van der Waals surface area contributed by atoms with Gasteiger partial charge in [-0.2, -0.15) is 0 Å². The zero-order valence-corrected chi connectivity index (χ0v) is 14.1. The maximum absolute atomic E-state index is 6.33. The van der Waals surface area contributed by atoms with E-state index in [9.17, 15) is 0 Å². The van der Waals surface area contributed by atoms with Crippen molar-refractivity contribution in [3.63, 3.8) is 0 Å². The van der Waals surface area contributed by atoms with Crippen LogP contribution in [0.3, 0.4) is 0 Å². The number of benzene rings is 2. The van der Waals surface area contributed by atoms with Gasteiger partial charge in [-0.05, 0) is 35.9 Å². The summed E-state index contributed by atoms with van der Waals surface area (Å²) < 4.78 is 7.28. The van der Waals surface area contributed by atoms with Crippen LogP contribution < -0.4 is 10.5 Å². The summed E-state index contributed by atoms with van der Waals surface area (Å²) >= 11 is 13.0. The van der Waals surface area contributed by atoms with E-state index in [1.54, 1.807) is 13.2 Å². The third-order valence-corrected chi connectivity index (χ3v) is 4.24. The van der Waals surface area contributed by atoms with E-state index < -0.39 is 0 Å². The molecule has 100 valence electrons. The maximum Gasteiger partial charge on any atom is 0.124 e. The second kappa shape index (κ2) is 6.27. The van der Waals surface area contributed by atoms with Gasteiger partial charge >= 0.3 is 0 Å². The van der Waals surface area contributed by atoms with Crippen molar-refractivity contribution in [2.45, 2.75) is 6.04 Å². The number of hydrogen-bond donors (Lipinski definition) is 1. The predicted octanol–water partition coefficient (Wildman–Crippen LogP) is 4.92. The van der Waals surface area contributed by atoms with Gasteiger partial charge in [0, 0.05) is 19.5 Å². The van der Waals surface area contributed by atoms with Crippen LogP contribution >= 0.6 is 43.5 Å². The van der Waals surface area contributed by atoms with Crippen LogP contribution in [0.25, 0.3) is 0 Å². The molecule has 0 aliphatic carbocycles. The minimum Gasteiger partial charge on any atom is -0.496 e. The fraction of sp³-hybridized carbons (Fsp3) is 0.143. The van der Waals surface area contributed by atoms with E-state index in [2.05, 4.69) is 31.9 Å². The second-order valence-corrected chi connectivity index (χ2v) is 6.24. The highest BCUT2D eigenvalue weighted by molar-refractivity contribution is 9.11. The first-order valence-electron chi connectivity index (χ1n) is 5.57. The van der Waals surface area contributed by atoms with Crippen LogP contribution in [0.4, 0.5) is 0 Å². The molecule has 2 aromatic rings. The van der Waals surface area contributed by atoms with Crippen molar-refractivity contribution in [2.24, 2.45) is 5.73 Å². The topological polar surface area (TPSA) is 35.2 Å². The van der Waals surface area contributed by atoms with Gasteiger partial charge in [0.25, 0.3) is 0 Å². The number of hydrogen-bond acceptors (Lipinski definition) is 2. The number of ether oxygens (including phenoxy) is 1. The fourth-order valence-electron chi connectivity index (χ4n) is 1.87. The average Bonchev–Trinajstić information content (AvgIpc) is 2.38. The van der Waals surface area contributed by atoms with Crippen molar-refractivity contribution in [3.05, 3.63) is 61.5 Å². The van der Waals surface area contributed by atoms with Crippen molar-refractivity contribution < 1.29 is 4.74 Å². The summed E-state index contributed by atoms with van der Waals surface area (Å²) in [4.78, 5) is 0. The molecule has 0 heterocycles. The Hall–Kier alpha value is -0.550. The van der Waals surface area contributed by atoms with E-state index in [0.717, 1.165) is 25.8 Å². The van der Waals surface area contributed by atoms with Gasteiger partial charge in [0.1, 0.15) is 5.75 Å². The standard InChI is InChI=1S/C14H12Br2ClNO/c1-19-13-5-3-9(17)7-11(13)14(18)10-4-2-8(15)6-12(10)16/h2-7,14H,18H2,1H3. The van der Waals surface area contributed by atoms with E-state index in [-0.39, 0.29) is 6.04 Å². The first kappa shape index (κ1) is 14.9. The van der Waals surface area contributed by atoms with Gasteiger partial charge < -0.3 is 10.5 Å². The van der Waals surface area contributed by atoms with Gasteiger partial charge in [-0.3, -0.25) is 0 Å². The summed E-state index contributed by atoms with van der Waals surface area (Å²) in [6.07, 6.45) is 0. The SMILES string of the molecule is COc1ccc(Cl)cc1C(N)c1ccc(Br)cc1Br. The molecule has 5 heteroatoms. The fourth-order valence-corrected chi connectivity index (χ4v) is 3.34. The highest BCUT2D eigenvalue weighted by atomic mass is 79.9. The van der Waals surface area contributed by atoms with Crippen LogP contribution in [-0.4, -0.2) is 7.11 Å². The van der Waals surface area contributed by atoms with Crippen molar-refractivity contribution >= 4 is 43.5 Å². The van der Waals surface area contributed by atoms with Crippen molar-refractivity contribution in [1.29, 1.82) is 0 Å². The first-order chi connectivity index (χ1) is 9.02. The maximum atomic E-state index is 6.33. The highest BCUT2D eigenvalue weighted by Gasteiger charge is 2.17. The molecule has 2 nitrogen and oxygen atoms in total. The molecule has 0 fully saturated rings. The summed E-state index contributed by atoms with van der Waals surface area (Å²) in [6.45, 7) is 0. The lowest BCUT2D eigenvalue weighted by Gasteiger charge is -2.18.